The molecule has 0 amide bonds. The molecule has 1 aliphatic rings. The molecule has 4 heteroatoms. The molecule has 1 aromatic rings. The Bertz CT molecular complexity index is 396. The fraction of sp³-hybridized carbons (Fsp3) is 0.692. The van der Waals surface area contributed by atoms with Gasteiger partial charge in [0.25, 0.3) is 0 Å². The highest BCUT2D eigenvalue weighted by atomic mass is 15.0. The first-order valence-electron chi connectivity index (χ1n) is 6.36. The summed E-state index contributed by atoms with van der Waals surface area (Å²) in [4.78, 5) is 8.39. The zero-order chi connectivity index (χ0) is 12.5. The Balaban J connectivity index is 2.12. The molecule has 0 bridgehead atoms. The zero-order valence-electron chi connectivity index (χ0n) is 11.0. The van der Waals surface area contributed by atoms with Crippen LogP contribution in [0.3, 0.4) is 0 Å². The SMILES string of the molecule is CC(C)c1c(N)ncnc1NCC1(C)CCC1. The van der Waals surface area contributed by atoms with E-state index >= 15 is 0 Å². The first-order chi connectivity index (χ1) is 8.02. The van der Waals surface area contributed by atoms with E-state index in [4.69, 9.17) is 5.73 Å². The average Bonchev–Trinajstić information content (AvgIpc) is 2.23. The maximum absolute atomic E-state index is 5.92. The minimum atomic E-state index is 0.341. The van der Waals surface area contributed by atoms with Crippen molar-refractivity contribution >= 4 is 11.6 Å². The smallest absolute Gasteiger partial charge is 0.134 e. The third kappa shape index (κ3) is 2.51. The van der Waals surface area contributed by atoms with E-state index in [0.29, 0.717) is 17.2 Å². The molecular weight excluding hydrogens is 212 g/mol. The summed E-state index contributed by atoms with van der Waals surface area (Å²) >= 11 is 0. The van der Waals surface area contributed by atoms with E-state index in [1.807, 2.05) is 0 Å². The molecule has 4 nitrogen and oxygen atoms in total. The molecule has 0 radical (unpaired) electrons. The van der Waals surface area contributed by atoms with E-state index < -0.39 is 0 Å². The number of nitrogens with one attached hydrogen (secondary N) is 1. The van der Waals surface area contributed by atoms with E-state index in [2.05, 4.69) is 36.1 Å². The molecule has 0 unspecified atom stereocenters. The molecule has 0 spiro atoms. The van der Waals surface area contributed by atoms with Crippen molar-refractivity contribution in [2.24, 2.45) is 5.41 Å². The monoisotopic (exact) mass is 234 g/mol. The van der Waals surface area contributed by atoms with Gasteiger partial charge in [-0.3, -0.25) is 0 Å². The van der Waals surface area contributed by atoms with Crippen LogP contribution >= 0.6 is 0 Å². The Labute approximate surface area is 103 Å². The van der Waals surface area contributed by atoms with Gasteiger partial charge in [0, 0.05) is 12.1 Å². The molecule has 0 aromatic carbocycles. The molecule has 3 N–H and O–H groups in total. The van der Waals surface area contributed by atoms with Gasteiger partial charge in [-0.2, -0.15) is 0 Å². The van der Waals surface area contributed by atoms with Crippen LogP contribution in [0.15, 0.2) is 6.33 Å². The van der Waals surface area contributed by atoms with Crippen LogP contribution < -0.4 is 11.1 Å². The zero-order valence-corrected chi connectivity index (χ0v) is 11.0. The maximum atomic E-state index is 5.92. The van der Waals surface area contributed by atoms with Gasteiger partial charge in [0.1, 0.15) is 18.0 Å². The standard InChI is InChI=1S/C13H22N4/c1-9(2)10-11(14)16-8-17-12(10)15-7-13(3)5-4-6-13/h8-9H,4-7H2,1-3H3,(H3,14,15,16,17). The van der Waals surface area contributed by atoms with Gasteiger partial charge in [-0.1, -0.05) is 27.2 Å². The van der Waals surface area contributed by atoms with Crippen LogP contribution in [0.4, 0.5) is 11.6 Å². The largest absolute Gasteiger partial charge is 0.383 e. The highest BCUT2D eigenvalue weighted by molar-refractivity contribution is 5.56. The summed E-state index contributed by atoms with van der Waals surface area (Å²) in [7, 11) is 0. The van der Waals surface area contributed by atoms with Gasteiger partial charge in [0.2, 0.25) is 0 Å². The number of nitrogen functional groups attached to an aromatic ring is 1. The fourth-order valence-corrected chi connectivity index (χ4v) is 2.37. The molecule has 1 aromatic heterocycles. The van der Waals surface area contributed by atoms with E-state index in [1.54, 1.807) is 0 Å². The van der Waals surface area contributed by atoms with Gasteiger partial charge in [-0.25, -0.2) is 9.97 Å². The van der Waals surface area contributed by atoms with Gasteiger partial charge in [-0.15, -0.1) is 0 Å². The Hall–Kier alpha value is -1.32. The van der Waals surface area contributed by atoms with Gasteiger partial charge >= 0.3 is 0 Å². The predicted octanol–water partition coefficient (Wildman–Crippen LogP) is 2.78. The lowest BCUT2D eigenvalue weighted by Crippen LogP contribution is -2.33. The molecule has 2 rings (SSSR count). The summed E-state index contributed by atoms with van der Waals surface area (Å²) in [6, 6.07) is 0. The van der Waals surface area contributed by atoms with Crippen molar-refractivity contribution in [2.45, 2.75) is 46.0 Å². The molecule has 17 heavy (non-hydrogen) atoms. The van der Waals surface area contributed by atoms with Crippen LogP contribution in [-0.4, -0.2) is 16.5 Å². The number of nitrogens with zero attached hydrogens (tertiary/aromatic N) is 2. The van der Waals surface area contributed by atoms with Crippen LogP contribution in [0.5, 0.6) is 0 Å². The highest BCUT2D eigenvalue weighted by Crippen LogP contribution is 2.40. The minimum absolute atomic E-state index is 0.341. The van der Waals surface area contributed by atoms with Crippen molar-refractivity contribution in [1.29, 1.82) is 0 Å². The number of nitrogens with two attached hydrogens (primary N) is 1. The molecule has 0 aliphatic heterocycles. The molecule has 1 aliphatic carbocycles. The summed E-state index contributed by atoms with van der Waals surface area (Å²) in [5.41, 5.74) is 7.39. The van der Waals surface area contributed by atoms with E-state index in [-0.39, 0.29) is 0 Å². The number of hydrogen-bond donors (Lipinski definition) is 2. The van der Waals surface area contributed by atoms with Gasteiger partial charge in [0.15, 0.2) is 0 Å². The lowest BCUT2D eigenvalue weighted by Gasteiger charge is -2.38. The van der Waals surface area contributed by atoms with Crippen LogP contribution in [-0.2, 0) is 0 Å². The van der Waals surface area contributed by atoms with Crippen molar-refractivity contribution in [3.63, 3.8) is 0 Å². The Kier molecular flexibility index (Phi) is 3.22. The third-order valence-electron chi connectivity index (χ3n) is 3.74. The number of hydrogen-bond acceptors (Lipinski definition) is 4. The van der Waals surface area contributed by atoms with Gasteiger partial charge < -0.3 is 11.1 Å². The van der Waals surface area contributed by atoms with Crippen LogP contribution in [0.25, 0.3) is 0 Å². The Morgan fingerprint density at radius 3 is 2.65 bits per heavy atom. The van der Waals surface area contributed by atoms with Crippen molar-refractivity contribution in [3.8, 4) is 0 Å². The maximum Gasteiger partial charge on any atom is 0.134 e. The summed E-state index contributed by atoms with van der Waals surface area (Å²) in [6.07, 6.45) is 5.49. The molecular formula is C13H22N4. The summed E-state index contributed by atoms with van der Waals surface area (Å²) < 4.78 is 0. The average molecular weight is 234 g/mol. The number of aromatic nitrogens is 2. The van der Waals surface area contributed by atoms with E-state index in [1.165, 1.54) is 25.6 Å². The van der Waals surface area contributed by atoms with E-state index in [0.717, 1.165) is 17.9 Å². The van der Waals surface area contributed by atoms with Crippen LogP contribution in [0.2, 0.25) is 0 Å². The normalized spacial score (nSPS) is 17.9. The van der Waals surface area contributed by atoms with E-state index in [9.17, 15) is 0 Å². The Morgan fingerprint density at radius 2 is 2.12 bits per heavy atom. The van der Waals surface area contributed by atoms with Crippen LogP contribution in [0.1, 0.15) is 51.5 Å². The molecule has 1 fully saturated rings. The van der Waals surface area contributed by atoms with Crippen molar-refractivity contribution in [2.75, 3.05) is 17.6 Å². The van der Waals surface area contributed by atoms with Crippen molar-refractivity contribution < 1.29 is 0 Å². The minimum Gasteiger partial charge on any atom is -0.383 e. The van der Waals surface area contributed by atoms with Crippen molar-refractivity contribution in [3.05, 3.63) is 11.9 Å². The highest BCUT2D eigenvalue weighted by Gasteiger charge is 2.31. The quantitative estimate of drug-likeness (QED) is 0.840. The van der Waals surface area contributed by atoms with Gasteiger partial charge in [-0.05, 0) is 24.2 Å². The second-order valence-electron chi connectivity index (χ2n) is 5.69. The third-order valence-corrected chi connectivity index (χ3v) is 3.74. The Morgan fingerprint density at radius 1 is 1.41 bits per heavy atom. The predicted molar refractivity (Wildman–Crippen MR) is 71.0 cm³/mol. The fourth-order valence-electron chi connectivity index (χ4n) is 2.37. The number of rotatable bonds is 4. The van der Waals surface area contributed by atoms with Crippen molar-refractivity contribution in [1.82, 2.24) is 9.97 Å². The molecule has 94 valence electrons. The second kappa shape index (κ2) is 4.51. The molecule has 0 atom stereocenters. The second-order valence-corrected chi connectivity index (χ2v) is 5.69. The molecule has 0 saturated heterocycles. The molecule has 1 saturated carbocycles. The molecule has 1 heterocycles. The lowest BCUT2D eigenvalue weighted by atomic mass is 9.70. The van der Waals surface area contributed by atoms with Gasteiger partial charge in [0.05, 0.1) is 0 Å². The summed E-state index contributed by atoms with van der Waals surface area (Å²) in [5, 5.41) is 3.45. The topological polar surface area (TPSA) is 63.8 Å². The lowest BCUT2D eigenvalue weighted by molar-refractivity contribution is 0.179. The summed E-state index contributed by atoms with van der Waals surface area (Å²) in [6.45, 7) is 7.53. The summed E-state index contributed by atoms with van der Waals surface area (Å²) in [5.74, 6) is 1.84. The number of anilines is 2. The first kappa shape index (κ1) is 12.1. The van der Waals surface area contributed by atoms with Crippen LogP contribution in [0, 0.1) is 5.41 Å². The first-order valence-corrected chi connectivity index (χ1v) is 6.36.